The van der Waals surface area contributed by atoms with Gasteiger partial charge in [-0.1, -0.05) is 22.9 Å². The lowest BCUT2D eigenvalue weighted by Crippen LogP contribution is -2.07. The molecule has 0 saturated heterocycles. The van der Waals surface area contributed by atoms with Crippen LogP contribution in [0.3, 0.4) is 0 Å². The molecule has 0 aliphatic rings. The molecule has 2 aromatic rings. The zero-order valence-corrected chi connectivity index (χ0v) is 12.8. The molecule has 0 saturated carbocycles. The quantitative estimate of drug-likeness (QED) is 0.761. The fraction of sp³-hybridized carbons (Fsp3) is 0.231. The van der Waals surface area contributed by atoms with Crippen molar-refractivity contribution in [1.82, 2.24) is 9.97 Å². The third-order valence-corrected chi connectivity index (χ3v) is 3.02. The zero-order chi connectivity index (χ0) is 15.4. The molecule has 0 amide bonds. The maximum Gasteiger partial charge on any atom is 0.223 e. The fourth-order valence-corrected chi connectivity index (χ4v) is 2.07. The largest absolute Gasteiger partial charge is 0.370 e. The summed E-state index contributed by atoms with van der Waals surface area (Å²) in [6, 6.07) is 3.85. The fourth-order valence-electron chi connectivity index (χ4n) is 1.66. The van der Waals surface area contributed by atoms with Crippen molar-refractivity contribution in [3.63, 3.8) is 0 Å². The Morgan fingerprint density at radius 3 is 2.38 bits per heavy atom. The third-order valence-electron chi connectivity index (χ3n) is 2.56. The first kappa shape index (κ1) is 15.4. The molecule has 0 fully saturated rings. The Hall–Kier alpha value is -1.96. The predicted octanol–water partition coefficient (Wildman–Crippen LogP) is 3.67. The number of aromatic nitrogens is 2. The summed E-state index contributed by atoms with van der Waals surface area (Å²) in [4.78, 5) is 7.90. The number of nitrogens with zero attached hydrogens (tertiary/aromatic N) is 2. The second kappa shape index (κ2) is 6.66. The molecule has 21 heavy (non-hydrogen) atoms. The zero-order valence-electron chi connectivity index (χ0n) is 11.3. The number of hydrogen-bond acceptors (Lipinski definition) is 5. The molecular formula is C13H14BrF2N5. The van der Waals surface area contributed by atoms with Crippen molar-refractivity contribution in [3.8, 4) is 0 Å². The SMILES string of the molecule is CCCNc1cc(Nc2c(F)cc(Br)cc2F)nc(N)n1. The Labute approximate surface area is 129 Å². The molecule has 1 aromatic heterocycles. The van der Waals surface area contributed by atoms with Gasteiger partial charge >= 0.3 is 0 Å². The van der Waals surface area contributed by atoms with Crippen molar-refractivity contribution in [2.24, 2.45) is 0 Å². The van der Waals surface area contributed by atoms with Crippen molar-refractivity contribution < 1.29 is 8.78 Å². The van der Waals surface area contributed by atoms with E-state index in [0.717, 1.165) is 18.6 Å². The van der Waals surface area contributed by atoms with Crippen molar-refractivity contribution in [3.05, 3.63) is 34.3 Å². The number of nitrogen functional groups attached to an aromatic ring is 1. The van der Waals surface area contributed by atoms with Crippen LogP contribution in [-0.4, -0.2) is 16.5 Å². The van der Waals surface area contributed by atoms with Gasteiger partial charge in [0, 0.05) is 17.1 Å². The summed E-state index contributed by atoms with van der Waals surface area (Å²) >= 11 is 3.02. The molecule has 112 valence electrons. The van der Waals surface area contributed by atoms with Crippen molar-refractivity contribution in [1.29, 1.82) is 0 Å². The van der Waals surface area contributed by atoms with E-state index in [0.29, 0.717) is 16.8 Å². The van der Waals surface area contributed by atoms with Crippen LogP contribution in [0.25, 0.3) is 0 Å². The first-order chi connectivity index (χ1) is 9.99. The normalized spacial score (nSPS) is 10.5. The minimum atomic E-state index is -0.734. The summed E-state index contributed by atoms with van der Waals surface area (Å²) in [6.07, 6.45) is 0.905. The summed E-state index contributed by atoms with van der Waals surface area (Å²) in [6.45, 7) is 2.71. The predicted molar refractivity (Wildman–Crippen MR) is 82.6 cm³/mol. The van der Waals surface area contributed by atoms with Gasteiger partial charge in [-0.25, -0.2) is 8.78 Å². The van der Waals surface area contributed by atoms with Crippen LogP contribution in [0, 0.1) is 11.6 Å². The summed E-state index contributed by atoms with van der Waals surface area (Å²) in [5, 5.41) is 5.62. The number of nitrogens with two attached hydrogens (primary N) is 1. The van der Waals surface area contributed by atoms with E-state index < -0.39 is 11.6 Å². The molecule has 4 N–H and O–H groups in total. The average molecular weight is 358 g/mol. The van der Waals surface area contributed by atoms with Crippen LogP contribution in [0.1, 0.15) is 13.3 Å². The van der Waals surface area contributed by atoms with E-state index in [-0.39, 0.29) is 17.5 Å². The number of halogens is 3. The smallest absolute Gasteiger partial charge is 0.223 e. The standard InChI is InChI=1S/C13H14BrF2N5/c1-2-3-18-10-6-11(21-13(17)20-10)19-12-8(15)4-7(14)5-9(12)16/h4-6H,2-3H2,1H3,(H4,17,18,19,20,21). The molecule has 0 radical (unpaired) electrons. The van der Waals surface area contributed by atoms with E-state index in [4.69, 9.17) is 5.73 Å². The van der Waals surface area contributed by atoms with Gasteiger partial charge in [-0.2, -0.15) is 9.97 Å². The molecule has 2 rings (SSSR count). The maximum absolute atomic E-state index is 13.8. The third kappa shape index (κ3) is 4.01. The van der Waals surface area contributed by atoms with Gasteiger partial charge in [0.25, 0.3) is 0 Å². The Balaban J connectivity index is 2.29. The monoisotopic (exact) mass is 357 g/mol. The van der Waals surface area contributed by atoms with Gasteiger partial charge in [-0.05, 0) is 18.6 Å². The van der Waals surface area contributed by atoms with Gasteiger partial charge in [0.1, 0.15) is 17.3 Å². The van der Waals surface area contributed by atoms with Crippen LogP contribution in [0.4, 0.5) is 32.1 Å². The average Bonchev–Trinajstić information content (AvgIpc) is 2.40. The number of nitrogens with one attached hydrogen (secondary N) is 2. The van der Waals surface area contributed by atoms with Gasteiger partial charge in [0.2, 0.25) is 5.95 Å². The Morgan fingerprint density at radius 1 is 1.14 bits per heavy atom. The van der Waals surface area contributed by atoms with E-state index in [1.165, 1.54) is 6.07 Å². The summed E-state index contributed by atoms with van der Waals surface area (Å²) in [5.74, 6) is -0.758. The van der Waals surface area contributed by atoms with E-state index in [1.807, 2.05) is 6.92 Å². The lowest BCUT2D eigenvalue weighted by molar-refractivity contribution is 0.589. The molecule has 1 aromatic carbocycles. The van der Waals surface area contributed by atoms with E-state index in [2.05, 4.69) is 36.5 Å². The lowest BCUT2D eigenvalue weighted by atomic mass is 10.3. The summed E-state index contributed by atoms with van der Waals surface area (Å²) in [7, 11) is 0. The molecule has 5 nitrogen and oxygen atoms in total. The molecular weight excluding hydrogens is 344 g/mol. The summed E-state index contributed by atoms with van der Waals surface area (Å²) in [5.41, 5.74) is 5.29. The highest BCUT2D eigenvalue weighted by Crippen LogP contribution is 2.27. The van der Waals surface area contributed by atoms with Gasteiger partial charge in [0.05, 0.1) is 0 Å². The number of rotatable bonds is 5. The molecule has 0 atom stereocenters. The summed E-state index contributed by atoms with van der Waals surface area (Å²) < 4.78 is 27.9. The topological polar surface area (TPSA) is 75.9 Å². The molecule has 0 aliphatic carbocycles. The first-order valence-electron chi connectivity index (χ1n) is 6.29. The Kier molecular flexibility index (Phi) is 4.89. The van der Waals surface area contributed by atoms with Crippen LogP contribution in [0.5, 0.6) is 0 Å². The van der Waals surface area contributed by atoms with Crippen molar-refractivity contribution in [2.75, 3.05) is 22.9 Å². The molecule has 8 heteroatoms. The van der Waals surface area contributed by atoms with Gasteiger partial charge in [-0.15, -0.1) is 0 Å². The molecule has 0 aliphatic heterocycles. The highest BCUT2D eigenvalue weighted by molar-refractivity contribution is 9.10. The first-order valence-corrected chi connectivity index (χ1v) is 7.09. The van der Waals surface area contributed by atoms with Crippen LogP contribution >= 0.6 is 15.9 Å². The number of hydrogen-bond donors (Lipinski definition) is 3. The Bertz CT molecular complexity index is 627. The molecule has 0 spiro atoms. The maximum atomic E-state index is 13.8. The van der Waals surface area contributed by atoms with E-state index in [9.17, 15) is 8.78 Å². The highest BCUT2D eigenvalue weighted by atomic mass is 79.9. The minimum absolute atomic E-state index is 0.0107. The number of benzene rings is 1. The highest BCUT2D eigenvalue weighted by Gasteiger charge is 2.12. The van der Waals surface area contributed by atoms with Crippen molar-refractivity contribution in [2.45, 2.75) is 13.3 Å². The van der Waals surface area contributed by atoms with Crippen LogP contribution in [0.15, 0.2) is 22.7 Å². The number of anilines is 4. The minimum Gasteiger partial charge on any atom is -0.370 e. The molecule has 0 unspecified atom stereocenters. The van der Waals surface area contributed by atoms with Crippen molar-refractivity contribution >= 4 is 39.2 Å². The molecule has 1 heterocycles. The van der Waals surface area contributed by atoms with Gasteiger partial charge < -0.3 is 16.4 Å². The van der Waals surface area contributed by atoms with Gasteiger partial charge in [0.15, 0.2) is 11.6 Å². The van der Waals surface area contributed by atoms with Crippen LogP contribution < -0.4 is 16.4 Å². The second-order valence-electron chi connectivity index (χ2n) is 4.29. The van der Waals surface area contributed by atoms with Crippen LogP contribution in [-0.2, 0) is 0 Å². The Morgan fingerprint density at radius 2 is 1.76 bits per heavy atom. The second-order valence-corrected chi connectivity index (χ2v) is 5.21. The van der Waals surface area contributed by atoms with Crippen LogP contribution in [0.2, 0.25) is 0 Å². The molecule has 0 bridgehead atoms. The van der Waals surface area contributed by atoms with E-state index in [1.54, 1.807) is 0 Å². The lowest BCUT2D eigenvalue weighted by Gasteiger charge is -2.11. The van der Waals surface area contributed by atoms with E-state index >= 15 is 0 Å². The van der Waals surface area contributed by atoms with Gasteiger partial charge in [-0.3, -0.25) is 0 Å².